The van der Waals surface area contributed by atoms with Gasteiger partial charge in [-0.1, -0.05) is 18.2 Å². The molecular weight excluding hydrogens is 407 g/mol. The summed E-state index contributed by atoms with van der Waals surface area (Å²) in [6.07, 6.45) is -4.48. The number of aromatic hydroxyl groups is 1. The van der Waals surface area contributed by atoms with Crippen molar-refractivity contribution in [3.63, 3.8) is 0 Å². The number of phenols is 1. The molecule has 150 valence electrons. The highest BCUT2D eigenvalue weighted by Crippen LogP contribution is 2.31. The lowest BCUT2D eigenvalue weighted by molar-refractivity contribution is -0.150. The van der Waals surface area contributed by atoms with Crippen molar-refractivity contribution in [1.29, 1.82) is 0 Å². The zero-order valence-corrected chi connectivity index (χ0v) is 14.7. The first-order valence-electron chi connectivity index (χ1n) is 7.81. The first kappa shape index (κ1) is 20.1. The smallest absolute Gasteiger partial charge is 0.405 e. The Morgan fingerprint density at radius 1 is 1.14 bits per heavy atom. The maximum atomic E-state index is 13.8. The molecule has 3 N–H and O–H groups in total. The van der Waals surface area contributed by atoms with Crippen molar-refractivity contribution < 1.29 is 35.5 Å². The first-order chi connectivity index (χ1) is 13.0. The van der Waals surface area contributed by atoms with Crippen LogP contribution in [0.4, 0.5) is 22.0 Å². The van der Waals surface area contributed by atoms with Crippen LogP contribution in [-0.2, 0) is 16.4 Å². The summed E-state index contributed by atoms with van der Waals surface area (Å²) in [5.74, 6) is -4.32. The van der Waals surface area contributed by atoms with Crippen LogP contribution < -0.4 is 4.72 Å². The summed E-state index contributed by atoms with van der Waals surface area (Å²) in [4.78, 5) is 1.32. The van der Waals surface area contributed by atoms with Gasteiger partial charge in [-0.15, -0.1) is 0 Å². The van der Waals surface area contributed by atoms with Crippen molar-refractivity contribution in [2.75, 3.05) is 0 Å². The van der Waals surface area contributed by atoms with Crippen LogP contribution in [0.25, 0.3) is 10.9 Å². The monoisotopic (exact) mass is 420 g/mol. The Hall–Kier alpha value is -2.66. The predicted octanol–water partition coefficient (Wildman–Crippen LogP) is 3.60. The van der Waals surface area contributed by atoms with E-state index in [0.29, 0.717) is 17.0 Å². The summed E-state index contributed by atoms with van der Waals surface area (Å²) in [6.45, 7) is 0. The minimum atomic E-state index is -5.15. The number of rotatable bonds is 5. The van der Waals surface area contributed by atoms with Crippen LogP contribution in [-0.4, -0.2) is 30.7 Å². The van der Waals surface area contributed by atoms with E-state index in [1.165, 1.54) is 10.9 Å². The van der Waals surface area contributed by atoms with Gasteiger partial charge in [0.2, 0.25) is 10.0 Å². The number of para-hydroxylation sites is 1. The molecule has 0 aliphatic carbocycles. The SMILES string of the molecule is O=S(=O)(NC(Cc1c[nH]c2ccccc12)C(F)(F)F)c1c(O)cc(F)cc1F. The van der Waals surface area contributed by atoms with Gasteiger partial charge < -0.3 is 10.1 Å². The summed E-state index contributed by atoms with van der Waals surface area (Å²) in [7, 11) is -5.15. The number of nitrogens with one attached hydrogen (secondary N) is 2. The maximum Gasteiger partial charge on any atom is 0.405 e. The molecule has 0 bridgehead atoms. The zero-order chi connectivity index (χ0) is 20.7. The van der Waals surface area contributed by atoms with Gasteiger partial charge in [-0.05, 0) is 18.1 Å². The van der Waals surface area contributed by atoms with Crippen molar-refractivity contribution in [3.05, 3.63) is 59.8 Å². The molecule has 3 aromatic rings. The number of fused-ring (bicyclic) bond motifs is 1. The number of aromatic amines is 1. The molecule has 1 heterocycles. The van der Waals surface area contributed by atoms with E-state index in [0.717, 1.165) is 0 Å². The lowest BCUT2D eigenvalue weighted by atomic mass is 10.1. The third-order valence-electron chi connectivity index (χ3n) is 4.05. The first-order valence-corrected chi connectivity index (χ1v) is 9.29. The number of benzene rings is 2. The minimum absolute atomic E-state index is 0.149. The lowest BCUT2D eigenvalue weighted by Gasteiger charge is -2.22. The molecule has 0 radical (unpaired) electrons. The molecule has 0 spiro atoms. The maximum absolute atomic E-state index is 13.8. The Labute approximate surface area is 155 Å². The van der Waals surface area contributed by atoms with Crippen LogP contribution in [0.2, 0.25) is 0 Å². The molecule has 0 amide bonds. The van der Waals surface area contributed by atoms with E-state index < -0.39 is 50.9 Å². The molecule has 5 nitrogen and oxygen atoms in total. The summed E-state index contributed by atoms with van der Waals surface area (Å²) in [5, 5.41) is 10.0. The van der Waals surface area contributed by atoms with Gasteiger partial charge in [0.05, 0.1) is 0 Å². The number of halogens is 5. The second-order valence-electron chi connectivity index (χ2n) is 6.01. The number of hydrogen-bond acceptors (Lipinski definition) is 3. The van der Waals surface area contributed by atoms with E-state index in [1.807, 2.05) is 0 Å². The van der Waals surface area contributed by atoms with Crippen LogP contribution >= 0.6 is 0 Å². The quantitative estimate of drug-likeness (QED) is 0.552. The zero-order valence-electron chi connectivity index (χ0n) is 13.9. The van der Waals surface area contributed by atoms with Crippen LogP contribution in [0.1, 0.15) is 5.56 Å². The van der Waals surface area contributed by atoms with Crippen molar-refractivity contribution in [2.45, 2.75) is 23.5 Å². The highest BCUT2D eigenvalue weighted by molar-refractivity contribution is 7.89. The second kappa shape index (κ2) is 7.06. The van der Waals surface area contributed by atoms with Crippen molar-refractivity contribution in [1.82, 2.24) is 9.71 Å². The van der Waals surface area contributed by atoms with E-state index in [2.05, 4.69) is 4.98 Å². The van der Waals surface area contributed by atoms with Crippen molar-refractivity contribution in [2.24, 2.45) is 0 Å². The molecule has 2 aromatic carbocycles. The summed E-state index contributed by atoms with van der Waals surface area (Å²) in [5.41, 5.74) is 0.743. The topological polar surface area (TPSA) is 82.2 Å². The van der Waals surface area contributed by atoms with E-state index >= 15 is 0 Å². The van der Waals surface area contributed by atoms with E-state index in [4.69, 9.17) is 0 Å². The van der Waals surface area contributed by atoms with Gasteiger partial charge >= 0.3 is 6.18 Å². The largest absolute Gasteiger partial charge is 0.506 e. The van der Waals surface area contributed by atoms with E-state index in [1.54, 1.807) is 24.3 Å². The second-order valence-corrected chi connectivity index (χ2v) is 7.67. The van der Waals surface area contributed by atoms with Crippen molar-refractivity contribution >= 4 is 20.9 Å². The van der Waals surface area contributed by atoms with Gasteiger partial charge in [-0.3, -0.25) is 0 Å². The molecule has 1 atom stereocenters. The number of hydrogen-bond donors (Lipinski definition) is 3. The fourth-order valence-corrected chi connectivity index (χ4v) is 4.16. The standard InChI is InChI=1S/C17H13F5N2O3S/c18-10-6-12(19)16(14(25)7-10)28(26,27)24-15(17(20,21)22)5-9-8-23-13-4-2-1-3-11(9)13/h1-4,6-8,15,23-25H,5H2. The normalized spacial score (nSPS) is 13.8. The average Bonchev–Trinajstić information content (AvgIpc) is 2.95. The van der Waals surface area contributed by atoms with Crippen molar-refractivity contribution in [3.8, 4) is 5.75 Å². The summed E-state index contributed by atoms with van der Waals surface area (Å²) in [6, 6.07) is 4.31. The van der Waals surface area contributed by atoms with Crippen LogP contribution in [0.15, 0.2) is 47.5 Å². The van der Waals surface area contributed by atoms with Crippen LogP contribution in [0.3, 0.4) is 0 Å². The third-order valence-corrected chi connectivity index (χ3v) is 5.59. The van der Waals surface area contributed by atoms with Gasteiger partial charge in [0.25, 0.3) is 0 Å². The molecule has 28 heavy (non-hydrogen) atoms. The molecule has 0 saturated carbocycles. The average molecular weight is 420 g/mol. The number of aromatic nitrogens is 1. The Morgan fingerprint density at radius 3 is 2.46 bits per heavy atom. The third kappa shape index (κ3) is 3.94. The number of sulfonamides is 1. The highest BCUT2D eigenvalue weighted by Gasteiger charge is 2.43. The summed E-state index contributed by atoms with van der Waals surface area (Å²) >= 11 is 0. The molecule has 0 saturated heterocycles. The number of H-pyrrole nitrogens is 1. The summed E-state index contributed by atoms with van der Waals surface area (Å²) < 4.78 is 93.2. The molecule has 0 fully saturated rings. The number of phenolic OH excluding ortho intramolecular Hbond substituents is 1. The molecule has 1 unspecified atom stereocenters. The van der Waals surface area contributed by atoms with Crippen LogP contribution in [0.5, 0.6) is 5.75 Å². The lowest BCUT2D eigenvalue weighted by Crippen LogP contribution is -2.46. The van der Waals surface area contributed by atoms with Gasteiger partial charge in [-0.2, -0.15) is 17.9 Å². The molecule has 1 aromatic heterocycles. The van der Waals surface area contributed by atoms with Crippen LogP contribution in [0, 0.1) is 11.6 Å². The molecule has 3 rings (SSSR count). The Kier molecular flexibility index (Phi) is 5.06. The number of alkyl halides is 3. The molecule has 11 heteroatoms. The predicted molar refractivity (Wildman–Crippen MR) is 90.2 cm³/mol. The molecule has 0 aliphatic heterocycles. The Bertz CT molecular complexity index is 1100. The van der Waals surface area contributed by atoms with E-state index in [-0.39, 0.29) is 11.6 Å². The Morgan fingerprint density at radius 2 is 1.82 bits per heavy atom. The fourth-order valence-electron chi connectivity index (χ4n) is 2.80. The van der Waals surface area contributed by atoms with Gasteiger partial charge in [-0.25, -0.2) is 17.2 Å². The van der Waals surface area contributed by atoms with E-state index in [9.17, 15) is 35.5 Å². The molecule has 0 aliphatic rings. The van der Waals surface area contributed by atoms with Gasteiger partial charge in [0.15, 0.2) is 4.90 Å². The Balaban J connectivity index is 1.98. The molecular formula is C17H13F5N2O3S. The minimum Gasteiger partial charge on any atom is -0.506 e. The van der Waals surface area contributed by atoms with Gasteiger partial charge in [0, 0.05) is 29.2 Å². The highest BCUT2D eigenvalue weighted by atomic mass is 32.2. The van der Waals surface area contributed by atoms with Gasteiger partial charge in [0.1, 0.15) is 23.4 Å². The fraction of sp³-hybridized carbons (Fsp3) is 0.176.